The van der Waals surface area contributed by atoms with Crippen LogP contribution >= 0.6 is 24.4 Å². The topological polar surface area (TPSA) is 38.0 Å². The van der Waals surface area contributed by atoms with Gasteiger partial charge < -0.3 is 5.73 Å². The molecule has 60 valence electrons. The number of nitrogens with two attached hydrogens (primary N) is 1. The van der Waals surface area contributed by atoms with Gasteiger partial charge in [-0.2, -0.15) is 0 Å². The van der Waals surface area contributed by atoms with Gasteiger partial charge in [-0.1, -0.05) is 6.58 Å². The summed E-state index contributed by atoms with van der Waals surface area (Å²) >= 11 is 5.78. The van der Waals surface area contributed by atoms with Gasteiger partial charge in [0.05, 0.1) is 0 Å². The first kappa shape index (κ1) is 10.4. The Morgan fingerprint density at radius 3 is 3.00 bits per heavy atom. The van der Waals surface area contributed by atoms with Crippen molar-refractivity contribution in [1.29, 1.82) is 0 Å². The summed E-state index contributed by atoms with van der Waals surface area (Å²) in [5.74, 6) is 0. The summed E-state index contributed by atoms with van der Waals surface area (Å²) < 4.78 is 0.157. The Balaban J connectivity index is 3.04. The number of thioether (sulfide) groups is 1. The molecule has 4 heteroatoms. The number of thiol groups is 1. The van der Waals surface area contributed by atoms with Gasteiger partial charge in [-0.05, 0) is 24.9 Å². The summed E-state index contributed by atoms with van der Waals surface area (Å²) in [5, 5.41) is 4.93. The Labute approximate surface area is 72.0 Å². The van der Waals surface area contributed by atoms with E-state index in [2.05, 4.69) is 24.5 Å². The molecular weight excluding hydrogens is 164 g/mol. The van der Waals surface area contributed by atoms with E-state index in [1.165, 1.54) is 0 Å². The van der Waals surface area contributed by atoms with Crippen molar-refractivity contribution in [3.63, 3.8) is 0 Å². The van der Waals surface area contributed by atoms with Crippen molar-refractivity contribution in [3.8, 4) is 0 Å². The van der Waals surface area contributed by atoms with Crippen LogP contribution in [0.5, 0.6) is 0 Å². The molecule has 1 atom stereocenters. The minimum Gasteiger partial charge on any atom is -0.330 e. The van der Waals surface area contributed by atoms with Gasteiger partial charge in [0.2, 0.25) is 0 Å². The van der Waals surface area contributed by atoms with Gasteiger partial charge in [0.15, 0.2) is 0 Å². The third-order valence-corrected chi connectivity index (χ3v) is 2.09. The van der Waals surface area contributed by atoms with Gasteiger partial charge in [0.1, 0.15) is 4.71 Å². The number of rotatable bonds is 6. The molecule has 2 nitrogen and oxygen atoms in total. The molecule has 10 heavy (non-hydrogen) atoms. The van der Waals surface area contributed by atoms with Gasteiger partial charge in [0.25, 0.3) is 0 Å². The third kappa shape index (κ3) is 6.48. The van der Waals surface area contributed by atoms with Crippen LogP contribution in [0.4, 0.5) is 0 Å². The van der Waals surface area contributed by atoms with Gasteiger partial charge in [-0.25, -0.2) is 0 Å². The molecule has 0 amide bonds. The maximum atomic E-state index is 5.30. The SMILES string of the molecule is C=CSC(S)NCCCN. The average molecular weight is 178 g/mol. The first-order valence-corrected chi connectivity index (χ1v) is 4.65. The van der Waals surface area contributed by atoms with Crippen molar-refractivity contribution in [2.24, 2.45) is 5.73 Å². The zero-order valence-electron chi connectivity index (χ0n) is 5.92. The molecule has 0 aromatic rings. The predicted molar refractivity (Wildman–Crippen MR) is 52.2 cm³/mol. The van der Waals surface area contributed by atoms with Crippen LogP contribution in [0.15, 0.2) is 12.0 Å². The summed E-state index contributed by atoms with van der Waals surface area (Å²) in [6.07, 6.45) is 0.995. The normalized spacial score (nSPS) is 13.0. The molecule has 1 unspecified atom stereocenters. The zero-order valence-corrected chi connectivity index (χ0v) is 7.63. The molecule has 3 N–H and O–H groups in total. The fraction of sp³-hybridized carbons (Fsp3) is 0.667. The molecule has 0 saturated carbocycles. The minimum absolute atomic E-state index is 0.157. The lowest BCUT2D eigenvalue weighted by atomic mass is 10.4. The molecule has 0 heterocycles. The Kier molecular flexibility index (Phi) is 7.74. The van der Waals surface area contributed by atoms with Gasteiger partial charge in [0, 0.05) is 0 Å². The molecule has 0 bridgehead atoms. The zero-order chi connectivity index (χ0) is 7.82. The summed E-state index contributed by atoms with van der Waals surface area (Å²) in [4.78, 5) is 0. The van der Waals surface area contributed by atoms with E-state index in [4.69, 9.17) is 5.73 Å². The van der Waals surface area contributed by atoms with E-state index in [-0.39, 0.29) is 4.71 Å². The van der Waals surface area contributed by atoms with Crippen LogP contribution in [-0.4, -0.2) is 17.8 Å². The van der Waals surface area contributed by atoms with Crippen molar-refractivity contribution in [1.82, 2.24) is 5.32 Å². The van der Waals surface area contributed by atoms with Crippen LogP contribution in [0.3, 0.4) is 0 Å². The lowest BCUT2D eigenvalue weighted by molar-refractivity contribution is 0.707. The van der Waals surface area contributed by atoms with E-state index in [9.17, 15) is 0 Å². The first-order valence-electron chi connectivity index (χ1n) is 3.19. The summed E-state index contributed by atoms with van der Waals surface area (Å²) in [7, 11) is 0. The van der Waals surface area contributed by atoms with Gasteiger partial charge in [-0.15, -0.1) is 24.4 Å². The van der Waals surface area contributed by atoms with E-state index >= 15 is 0 Å². The first-order chi connectivity index (χ1) is 4.81. The van der Waals surface area contributed by atoms with E-state index in [1.54, 1.807) is 17.2 Å². The molecule has 0 aliphatic carbocycles. The third-order valence-electron chi connectivity index (χ3n) is 0.925. The van der Waals surface area contributed by atoms with Crippen LogP contribution in [0.2, 0.25) is 0 Å². The van der Waals surface area contributed by atoms with Crippen molar-refractivity contribution >= 4 is 24.4 Å². The molecule has 0 saturated heterocycles. The minimum atomic E-state index is 0.157. The van der Waals surface area contributed by atoms with Crippen molar-refractivity contribution in [2.75, 3.05) is 13.1 Å². The second-order valence-corrected chi connectivity index (χ2v) is 3.69. The van der Waals surface area contributed by atoms with E-state index in [1.807, 2.05) is 0 Å². The number of hydrogen-bond donors (Lipinski definition) is 3. The van der Waals surface area contributed by atoms with Crippen molar-refractivity contribution in [2.45, 2.75) is 11.1 Å². The maximum Gasteiger partial charge on any atom is 0.101 e. The smallest absolute Gasteiger partial charge is 0.101 e. The van der Waals surface area contributed by atoms with Crippen LogP contribution in [0, 0.1) is 0 Å². The highest BCUT2D eigenvalue weighted by atomic mass is 32.2. The highest BCUT2D eigenvalue weighted by molar-refractivity contribution is 8.12. The van der Waals surface area contributed by atoms with E-state index in [0.717, 1.165) is 19.5 Å². The summed E-state index contributed by atoms with van der Waals surface area (Å²) in [6.45, 7) is 5.23. The number of hydrogen-bond acceptors (Lipinski definition) is 4. The highest BCUT2D eigenvalue weighted by Crippen LogP contribution is 2.10. The highest BCUT2D eigenvalue weighted by Gasteiger charge is 1.96. The lowest BCUT2D eigenvalue weighted by Crippen LogP contribution is -2.23. The van der Waals surface area contributed by atoms with Crippen molar-refractivity contribution in [3.05, 3.63) is 12.0 Å². The lowest BCUT2D eigenvalue weighted by Gasteiger charge is -2.08. The van der Waals surface area contributed by atoms with Gasteiger partial charge >= 0.3 is 0 Å². The maximum absolute atomic E-state index is 5.30. The second-order valence-electron chi connectivity index (χ2n) is 1.75. The molecule has 0 aliphatic heterocycles. The molecule has 0 radical (unpaired) electrons. The molecule has 0 rings (SSSR count). The molecule has 0 aromatic carbocycles. The Hall–Kier alpha value is 0.360. The largest absolute Gasteiger partial charge is 0.330 e. The van der Waals surface area contributed by atoms with Gasteiger partial charge in [-0.3, -0.25) is 5.32 Å². The van der Waals surface area contributed by atoms with Crippen LogP contribution in [-0.2, 0) is 0 Å². The molecule has 0 aromatic heterocycles. The number of nitrogens with one attached hydrogen (secondary N) is 1. The molecular formula is C6H14N2S2. The standard InChI is InChI=1S/C6H14N2S2/c1-2-10-6(9)8-5-3-4-7/h2,6,8-9H,1,3-5,7H2. The molecule has 0 spiro atoms. The quantitative estimate of drug-likeness (QED) is 0.323. The summed E-state index contributed by atoms with van der Waals surface area (Å²) in [6, 6.07) is 0. The average Bonchev–Trinajstić information content (AvgIpc) is 1.89. The van der Waals surface area contributed by atoms with Crippen LogP contribution in [0.1, 0.15) is 6.42 Å². The second kappa shape index (κ2) is 7.47. The van der Waals surface area contributed by atoms with E-state index < -0.39 is 0 Å². The Morgan fingerprint density at radius 1 is 1.80 bits per heavy atom. The van der Waals surface area contributed by atoms with Crippen LogP contribution < -0.4 is 11.1 Å². The summed E-state index contributed by atoms with van der Waals surface area (Å²) in [5.41, 5.74) is 5.30. The molecule has 0 fully saturated rings. The van der Waals surface area contributed by atoms with Crippen molar-refractivity contribution < 1.29 is 0 Å². The Bertz CT molecular complexity index is 87.8. The monoisotopic (exact) mass is 178 g/mol. The van der Waals surface area contributed by atoms with E-state index in [0.29, 0.717) is 0 Å². The predicted octanol–water partition coefficient (Wildman–Crippen LogP) is 1.01. The fourth-order valence-corrected chi connectivity index (χ4v) is 1.25. The molecule has 0 aliphatic rings. The fourth-order valence-electron chi connectivity index (χ4n) is 0.467. The van der Waals surface area contributed by atoms with Crippen LogP contribution in [0.25, 0.3) is 0 Å². The Morgan fingerprint density at radius 2 is 2.50 bits per heavy atom.